The maximum Gasteiger partial charge on any atom is 0.162 e. The van der Waals surface area contributed by atoms with Crippen LogP contribution in [0, 0.1) is 11.3 Å². The Hall–Kier alpha value is -3.47. The standard InChI is InChI=1S/C28H33N5O2/c1-30-18-24(34)19-35-25-13-7-10-22(15-25)28-31-26(21-9-6-8-20(14-21)17-29)16-27(32-28)33(2)23-11-4-3-5-12-23/h6-10,13-16,23-24,30,34H,3-5,11-12,18-19H2,1-2H3. The highest BCUT2D eigenvalue weighted by molar-refractivity contribution is 5.69. The van der Waals surface area contributed by atoms with Crippen molar-refractivity contribution in [1.29, 1.82) is 5.26 Å². The van der Waals surface area contributed by atoms with Gasteiger partial charge in [0.25, 0.3) is 0 Å². The van der Waals surface area contributed by atoms with Crippen molar-refractivity contribution in [1.82, 2.24) is 15.3 Å². The molecule has 7 heteroatoms. The van der Waals surface area contributed by atoms with E-state index in [1.807, 2.05) is 48.5 Å². The van der Waals surface area contributed by atoms with E-state index < -0.39 is 6.10 Å². The fourth-order valence-electron chi connectivity index (χ4n) is 4.51. The van der Waals surface area contributed by atoms with E-state index in [-0.39, 0.29) is 6.61 Å². The van der Waals surface area contributed by atoms with E-state index in [2.05, 4.69) is 23.3 Å². The lowest BCUT2D eigenvalue weighted by Crippen LogP contribution is -2.34. The molecule has 1 aliphatic rings. The summed E-state index contributed by atoms with van der Waals surface area (Å²) in [5.41, 5.74) is 3.09. The fourth-order valence-corrected chi connectivity index (χ4v) is 4.51. The van der Waals surface area contributed by atoms with Crippen LogP contribution >= 0.6 is 0 Å². The van der Waals surface area contributed by atoms with Crippen molar-refractivity contribution in [2.45, 2.75) is 44.2 Å². The van der Waals surface area contributed by atoms with Crippen LogP contribution in [0.2, 0.25) is 0 Å². The molecule has 2 N–H and O–H groups in total. The van der Waals surface area contributed by atoms with Crippen molar-refractivity contribution in [3.63, 3.8) is 0 Å². The minimum absolute atomic E-state index is 0.196. The number of ether oxygens (including phenoxy) is 1. The van der Waals surface area contributed by atoms with Crippen LogP contribution < -0.4 is 15.0 Å². The van der Waals surface area contributed by atoms with Gasteiger partial charge >= 0.3 is 0 Å². The summed E-state index contributed by atoms with van der Waals surface area (Å²) >= 11 is 0. The molecule has 0 saturated heterocycles. The van der Waals surface area contributed by atoms with Gasteiger partial charge in [-0.2, -0.15) is 5.26 Å². The predicted octanol–water partition coefficient (Wildman–Crippen LogP) is 4.41. The zero-order chi connectivity index (χ0) is 24.6. The normalized spacial score (nSPS) is 14.8. The molecule has 7 nitrogen and oxygen atoms in total. The van der Waals surface area contributed by atoms with Gasteiger partial charge in [-0.05, 0) is 44.2 Å². The quantitative estimate of drug-likeness (QED) is 0.477. The van der Waals surface area contributed by atoms with Crippen molar-refractivity contribution in [3.8, 4) is 34.5 Å². The van der Waals surface area contributed by atoms with Crippen molar-refractivity contribution in [2.75, 3.05) is 32.1 Å². The number of hydrogen-bond acceptors (Lipinski definition) is 7. The molecule has 1 heterocycles. The molecule has 1 aliphatic carbocycles. The molecule has 0 amide bonds. The van der Waals surface area contributed by atoms with Crippen molar-refractivity contribution in [2.24, 2.45) is 0 Å². The van der Waals surface area contributed by atoms with Gasteiger partial charge in [-0.3, -0.25) is 0 Å². The second-order valence-electron chi connectivity index (χ2n) is 9.08. The Kier molecular flexibility index (Phi) is 8.30. The lowest BCUT2D eigenvalue weighted by Gasteiger charge is -2.32. The molecule has 0 radical (unpaired) electrons. The molecule has 3 aromatic rings. The summed E-state index contributed by atoms with van der Waals surface area (Å²) in [5, 5.41) is 22.3. The smallest absolute Gasteiger partial charge is 0.162 e. The van der Waals surface area contributed by atoms with Gasteiger partial charge in [-0.15, -0.1) is 0 Å². The van der Waals surface area contributed by atoms with Crippen LogP contribution in [-0.2, 0) is 0 Å². The highest BCUT2D eigenvalue weighted by Gasteiger charge is 2.21. The molecule has 2 aromatic carbocycles. The zero-order valence-electron chi connectivity index (χ0n) is 20.4. The summed E-state index contributed by atoms with van der Waals surface area (Å²) in [6.45, 7) is 0.658. The van der Waals surface area contributed by atoms with Crippen LogP contribution in [0.1, 0.15) is 37.7 Å². The molecule has 0 spiro atoms. The Bertz CT molecular complexity index is 1170. The third-order valence-electron chi connectivity index (χ3n) is 6.46. The van der Waals surface area contributed by atoms with Crippen LogP contribution in [0.5, 0.6) is 5.75 Å². The van der Waals surface area contributed by atoms with Crippen LogP contribution in [-0.4, -0.2) is 54.5 Å². The molecule has 1 atom stereocenters. The SMILES string of the molecule is CNCC(O)COc1cccc(-c2nc(-c3cccc(C#N)c3)cc(N(C)C3CCCCC3)n2)c1. The number of benzene rings is 2. The van der Waals surface area contributed by atoms with Gasteiger partial charge in [-0.25, -0.2) is 9.97 Å². The summed E-state index contributed by atoms with van der Waals surface area (Å²) in [4.78, 5) is 12.1. The second kappa shape index (κ2) is 11.8. The second-order valence-corrected chi connectivity index (χ2v) is 9.08. The summed E-state index contributed by atoms with van der Waals surface area (Å²) < 4.78 is 5.81. The number of aromatic nitrogens is 2. The number of likely N-dealkylation sites (N-methyl/N-ethyl adjacent to an activating group) is 1. The molecular weight excluding hydrogens is 438 g/mol. The first kappa shape index (κ1) is 24.6. The highest BCUT2D eigenvalue weighted by Crippen LogP contribution is 2.31. The summed E-state index contributed by atoms with van der Waals surface area (Å²) in [5.74, 6) is 2.12. The minimum atomic E-state index is -0.591. The molecule has 1 fully saturated rings. The number of rotatable bonds is 9. The van der Waals surface area contributed by atoms with Gasteiger partial charge < -0.3 is 20.1 Å². The number of aliphatic hydroxyl groups is 1. The largest absolute Gasteiger partial charge is 0.491 e. The predicted molar refractivity (Wildman–Crippen MR) is 138 cm³/mol. The van der Waals surface area contributed by atoms with Gasteiger partial charge in [-0.1, -0.05) is 43.5 Å². The number of nitrogens with zero attached hydrogens (tertiary/aromatic N) is 4. The van der Waals surface area contributed by atoms with Gasteiger partial charge in [0.05, 0.1) is 17.3 Å². The molecular formula is C28H33N5O2. The molecule has 35 heavy (non-hydrogen) atoms. The van der Waals surface area contributed by atoms with E-state index >= 15 is 0 Å². The van der Waals surface area contributed by atoms with Crippen LogP contribution in [0.25, 0.3) is 22.6 Å². The summed E-state index contributed by atoms with van der Waals surface area (Å²) in [6, 6.07) is 19.8. The molecule has 1 saturated carbocycles. The zero-order valence-corrected chi connectivity index (χ0v) is 20.4. The van der Waals surface area contributed by atoms with E-state index in [9.17, 15) is 10.4 Å². The molecule has 0 aliphatic heterocycles. The van der Waals surface area contributed by atoms with Crippen LogP contribution in [0.15, 0.2) is 54.6 Å². The highest BCUT2D eigenvalue weighted by atomic mass is 16.5. The first-order valence-corrected chi connectivity index (χ1v) is 12.3. The third kappa shape index (κ3) is 6.36. The average molecular weight is 472 g/mol. The number of nitriles is 1. The number of anilines is 1. The number of hydrogen-bond donors (Lipinski definition) is 2. The number of nitrogens with one attached hydrogen (secondary N) is 1. The van der Waals surface area contributed by atoms with E-state index in [0.717, 1.165) is 35.5 Å². The Morgan fingerprint density at radius 2 is 1.86 bits per heavy atom. The van der Waals surface area contributed by atoms with E-state index in [0.29, 0.717) is 29.7 Å². The first-order chi connectivity index (χ1) is 17.1. The van der Waals surface area contributed by atoms with Gasteiger partial charge in [0.1, 0.15) is 24.3 Å². The molecule has 182 valence electrons. The van der Waals surface area contributed by atoms with E-state index in [1.165, 1.54) is 19.3 Å². The van der Waals surface area contributed by atoms with E-state index in [1.54, 1.807) is 13.1 Å². The van der Waals surface area contributed by atoms with Gasteiger partial charge in [0, 0.05) is 36.8 Å². The maximum absolute atomic E-state index is 9.98. The summed E-state index contributed by atoms with van der Waals surface area (Å²) in [7, 11) is 3.91. The Balaban J connectivity index is 1.70. The van der Waals surface area contributed by atoms with Crippen molar-refractivity contribution < 1.29 is 9.84 Å². The Morgan fingerprint density at radius 3 is 2.63 bits per heavy atom. The van der Waals surface area contributed by atoms with Crippen molar-refractivity contribution in [3.05, 3.63) is 60.2 Å². The average Bonchev–Trinajstić information content (AvgIpc) is 2.92. The van der Waals surface area contributed by atoms with E-state index in [4.69, 9.17) is 14.7 Å². The molecule has 1 unspecified atom stereocenters. The Morgan fingerprint density at radius 1 is 1.09 bits per heavy atom. The molecule has 1 aromatic heterocycles. The monoisotopic (exact) mass is 471 g/mol. The topological polar surface area (TPSA) is 94.3 Å². The molecule has 0 bridgehead atoms. The first-order valence-electron chi connectivity index (χ1n) is 12.3. The minimum Gasteiger partial charge on any atom is -0.491 e. The van der Waals surface area contributed by atoms with Crippen molar-refractivity contribution >= 4 is 5.82 Å². The fraction of sp³-hybridized carbons (Fsp3) is 0.393. The summed E-state index contributed by atoms with van der Waals surface area (Å²) in [6.07, 6.45) is 5.50. The van der Waals surface area contributed by atoms with Gasteiger partial charge in [0.2, 0.25) is 0 Å². The maximum atomic E-state index is 9.98. The Labute approximate surface area is 207 Å². The molecule has 4 rings (SSSR count). The third-order valence-corrected chi connectivity index (χ3v) is 6.46. The van der Waals surface area contributed by atoms with Crippen LogP contribution in [0.3, 0.4) is 0 Å². The number of aliphatic hydroxyl groups excluding tert-OH is 1. The lowest BCUT2D eigenvalue weighted by molar-refractivity contribution is 0.108. The van der Waals surface area contributed by atoms with Crippen LogP contribution in [0.4, 0.5) is 5.82 Å². The lowest BCUT2D eigenvalue weighted by atomic mass is 9.94. The van der Waals surface area contributed by atoms with Gasteiger partial charge in [0.15, 0.2) is 5.82 Å².